The van der Waals surface area contributed by atoms with Crippen LogP contribution in [0.5, 0.6) is 0 Å². The highest BCUT2D eigenvalue weighted by Crippen LogP contribution is 2.28. The Balaban J connectivity index is 1.94. The normalized spacial score (nSPS) is 16.9. The molecule has 4 heteroatoms. The van der Waals surface area contributed by atoms with Gasteiger partial charge in [-0.05, 0) is 64.3 Å². The molecule has 0 amide bonds. The van der Waals surface area contributed by atoms with Crippen LogP contribution < -0.4 is 4.90 Å². The zero-order chi connectivity index (χ0) is 15.6. The maximum atomic E-state index is 12.1. The van der Waals surface area contributed by atoms with Crippen molar-refractivity contribution in [1.82, 2.24) is 0 Å². The molecule has 21 heavy (non-hydrogen) atoms. The van der Waals surface area contributed by atoms with Crippen LogP contribution in [0.3, 0.4) is 0 Å². The summed E-state index contributed by atoms with van der Waals surface area (Å²) in [6, 6.07) is 6.41. The maximum Gasteiger partial charge on any atom is 0.309 e. The molecule has 116 valence electrons. The van der Waals surface area contributed by atoms with Gasteiger partial charge in [0.15, 0.2) is 0 Å². The van der Waals surface area contributed by atoms with Crippen molar-refractivity contribution in [3.05, 3.63) is 28.2 Å². The number of aryl methyl sites for hydroxylation is 1. The van der Waals surface area contributed by atoms with Gasteiger partial charge < -0.3 is 9.64 Å². The van der Waals surface area contributed by atoms with Gasteiger partial charge in [-0.3, -0.25) is 4.79 Å². The number of hydrogen-bond donors (Lipinski definition) is 0. The fourth-order valence-corrected chi connectivity index (χ4v) is 2.83. The second kappa shape index (κ2) is 6.39. The molecule has 0 saturated carbocycles. The quantitative estimate of drug-likeness (QED) is 0.741. The van der Waals surface area contributed by atoms with Crippen molar-refractivity contribution in [2.24, 2.45) is 5.92 Å². The van der Waals surface area contributed by atoms with E-state index in [9.17, 15) is 4.79 Å². The van der Waals surface area contributed by atoms with Crippen LogP contribution in [0, 0.1) is 12.8 Å². The average Bonchev–Trinajstić information content (AvgIpc) is 2.40. The van der Waals surface area contributed by atoms with Gasteiger partial charge >= 0.3 is 5.97 Å². The van der Waals surface area contributed by atoms with E-state index in [1.807, 2.05) is 20.8 Å². The lowest BCUT2D eigenvalue weighted by atomic mass is 9.96. The van der Waals surface area contributed by atoms with Gasteiger partial charge in [-0.25, -0.2) is 0 Å². The van der Waals surface area contributed by atoms with E-state index in [0.717, 1.165) is 30.4 Å². The third-order valence-corrected chi connectivity index (χ3v) is 4.63. The first-order valence-corrected chi connectivity index (χ1v) is 8.29. The van der Waals surface area contributed by atoms with E-state index in [1.165, 1.54) is 11.3 Å². The van der Waals surface area contributed by atoms with Crippen LogP contribution in [0.25, 0.3) is 0 Å². The highest BCUT2D eigenvalue weighted by atomic mass is 79.9. The highest BCUT2D eigenvalue weighted by molar-refractivity contribution is 9.10. The molecular weight excluding hydrogens is 330 g/mol. The number of ether oxygens (including phenoxy) is 1. The number of esters is 1. The first-order chi connectivity index (χ1) is 9.76. The molecule has 1 saturated heterocycles. The Labute approximate surface area is 135 Å². The largest absolute Gasteiger partial charge is 0.460 e. The number of anilines is 1. The lowest BCUT2D eigenvalue weighted by Crippen LogP contribution is -2.38. The monoisotopic (exact) mass is 353 g/mol. The Morgan fingerprint density at radius 1 is 1.29 bits per heavy atom. The van der Waals surface area contributed by atoms with Crippen molar-refractivity contribution in [2.75, 3.05) is 18.0 Å². The highest BCUT2D eigenvalue weighted by Gasteiger charge is 2.29. The van der Waals surface area contributed by atoms with E-state index in [0.29, 0.717) is 0 Å². The van der Waals surface area contributed by atoms with E-state index in [4.69, 9.17) is 4.74 Å². The van der Waals surface area contributed by atoms with E-state index in [2.05, 4.69) is 46.0 Å². The van der Waals surface area contributed by atoms with Crippen LogP contribution in [0.2, 0.25) is 0 Å². The van der Waals surface area contributed by atoms with Crippen molar-refractivity contribution >= 4 is 27.6 Å². The van der Waals surface area contributed by atoms with Gasteiger partial charge in [0, 0.05) is 23.2 Å². The Kier molecular flexibility index (Phi) is 4.97. The lowest BCUT2D eigenvalue weighted by Gasteiger charge is -2.34. The first kappa shape index (κ1) is 16.3. The molecule has 0 N–H and O–H groups in total. The summed E-state index contributed by atoms with van der Waals surface area (Å²) in [5.41, 5.74) is 2.08. The number of benzene rings is 1. The molecule has 0 aliphatic carbocycles. The van der Waals surface area contributed by atoms with Gasteiger partial charge in [0.2, 0.25) is 0 Å². The third-order valence-electron chi connectivity index (χ3n) is 3.74. The average molecular weight is 354 g/mol. The Morgan fingerprint density at radius 2 is 1.90 bits per heavy atom. The van der Waals surface area contributed by atoms with E-state index < -0.39 is 5.60 Å². The first-order valence-electron chi connectivity index (χ1n) is 7.50. The summed E-state index contributed by atoms with van der Waals surface area (Å²) in [4.78, 5) is 14.5. The zero-order valence-corrected chi connectivity index (χ0v) is 14.9. The molecular formula is C17H24BrNO2. The molecule has 1 aliphatic rings. The van der Waals surface area contributed by atoms with Gasteiger partial charge in [-0.1, -0.05) is 15.9 Å². The molecule has 1 aromatic carbocycles. The SMILES string of the molecule is Cc1cc(N2CCC(C(=O)OC(C)(C)C)CC2)ccc1Br. The molecule has 0 aromatic heterocycles. The van der Waals surface area contributed by atoms with E-state index >= 15 is 0 Å². The molecule has 2 rings (SSSR count). The molecule has 3 nitrogen and oxygen atoms in total. The van der Waals surface area contributed by atoms with Gasteiger partial charge in [-0.2, -0.15) is 0 Å². The van der Waals surface area contributed by atoms with Crippen LogP contribution in [0.1, 0.15) is 39.2 Å². The minimum absolute atomic E-state index is 0.0389. The lowest BCUT2D eigenvalue weighted by molar-refractivity contribution is -0.160. The standard InChI is InChI=1S/C17H24BrNO2/c1-12-11-14(5-6-15(12)18)19-9-7-13(8-10-19)16(20)21-17(2,3)4/h5-6,11,13H,7-10H2,1-4H3. The molecule has 0 radical (unpaired) electrons. The summed E-state index contributed by atoms with van der Waals surface area (Å²) in [6.07, 6.45) is 1.73. The second-order valence-corrected chi connectivity index (χ2v) is 7.58. The number of halogens is 1. The summed E-state index contributed by atoms with van der Waals surface area (Å²) in [7, 11) is 0. The van der Waals surface area contributed by atoms with Crippen molar-refractivity contribution in [3.63, 3.8) is 0 Å². The minimum atomic E-state index is -0.392. The van der Waals surface area contributed by atoms with Crippen LogP contribution >= 0.6 is 15.9 Å². The number of nitrogens with zero attached hydrogens (tertiary/aromatic N) is 1. The number of hydrogen-bond acceptors (Lipinski definition) is 3. The number of carbonyl (C=O) groups excluding carboxylic acids is 1. The molecule has 0 bridgehead atoms. The van der Waals surface area contributed by atoms with Gasteiger partial charge in [0.1, 0.15) is 5.60 Å². The summed E-state index contributed by atoms with van der Waals surface area (Å²) >= 11 is 3.53. The van der Waals surface area contributed by atoms with Crippen LogP contribution in [0.4, 0.5) is 5.69 Å². The fraction of sp³-hybridized carbons (Fsp3) is 0.588. The van der Waals surface area contributed by atoms with Crippen LogP contribution in [-0.2, 0) is 9.53 Å². The van der Waals surface area contributed by atoms with Gasteiger partial charge in [-0.15, -0.1) is 0 Å². The molecule has 0 unspecified atom stereocenters. The third kappa shape index (κ3) is 4.47. The predicted octanol–water partition coefficient (Wildman–Crippen LogP) is 4.32. The molecule has 1 aromatic rings. The summed E-state index contributed by atoms with van der Waals surface area (Å²) in [5, 5.41) is 0. The smallest absolute Gasteiger partial charge is 0.309 e. The predicted molar refractivity (Wildman–Crippen MR) is 89.7 cm³/mol. The minimum Gasteiger partial charge on any atom is -0.460 e. The molecule has 0 spiro atoms. The van der Waals surface area contributed by atoms with Crippen molar-refractivity contribution in [2.45, 2.75) is 46.1 Å². The second-order valence-electron chi connectivity index (χ2n) is 6.73. The van der Waals surface area contributed by atoms with Gasteiger partial charge in [0.25, 0.3) is 0 Å². The number of carbonyl (C=O) groups is 1. The topological polar surface area (TPSA) is 29.5 Å². The van der Waals surface area contributed by atoms with Crippen molar-refractivity contribution in [3.8, 4) is 0 Å². The molecule has 1 heterocycles. The van der Waals surface area contributed by atoms with E-state index in [1.54, 1.807) is 0 Å². The maximum absolute atomic E-state index is 12.1. The molecule has 1 fully saturated rings. The summed E-state index contributed by atoms with van der Waals surface area (Å²) in [5.74, 6) is -0.00819. The van der Waals surface area contributed by atoms with Gasteiger partial charge in [0.05, 0.1) is 5.92 Å². The summed E-state index contributed by atoms with van der Waals surface area (Å²) < 4.78 is 6.62. The number of piperidine rings is 1. The Morgan fingerprint density at radius 3 is 2.43 bits per heavy atom. The summed E-state index contributed by atoms with van der Waals surface area (Å²) in [6.45, 7) is 9.68. The Bertz CT molecular complexity index is 514. The van der Waals surface area contributed by atoms with Crippen LogP contribution in [0.15, 0.2) is 22.7 Å². The molecule has 1 aliphatic heterocycles. The fourth-order valence-electron chi connectivity index (χ4n) is 2.58. The Hall–Kier alpha value is -1.03. The van der Waals surface area contributed by atoms with Crippen molar-refractivity contribution in [1.29, 1.82) is 0 Å². The molecule has 0 atom stereocenters. The number of rotatable bonds is 2. The van der Waals surface area contributed by atoms with Crippen LogP contribution in [-0.4, -0.2) is 24.7 Å². The van der Waals surface area contributed by atoms with Crippen molar-refractivity contribution < 1.29 is 9.53 Å². The zero-order valence-electron chi connectivity index (χ0n) is 13.3. The van der Waals surface area contributed by atoms with E-state index in [-0.39, 0.29) is 11.9 Å².